The van der Waals surface area contributed by atoms with Gasteiger partial charge in [0, 0.05) is 38.7 Å². The Morgan fingerprint density at radius 3 is 2.71 bits per heavy atom. The van der Waals surface area contributed by atoms with Crippen LogP contribution in [0.15, 0.2) is 59.5 Å². The molecule has 2 aliphatic heterocycles. The highest BCUT2D eigenvalue weighted by Crippen LogP contribution is 2.24. The largest absolute Gasteiger partial charge is 0.342 e. The minimum absolute atomic E-state index is 0.0272. The van der Waals surface area contributed by atoms with E-state index in [0.717, 1.165) is 12.1 Å². The monoisotopic (exact) mass is 416 g/mol. The van der Waals surface area contributed by atoms with Crippen LogP contribution < -0.4 is 5.56 Å². The predicted molar refractivity (Wildman–Crippen MR) is 115 cm³/mol. The lowest BCUT2D eigenvalue weighted by Crippen LogP contribution is -2.43. The van der Waals surface area contributed by atoms with Crippen molar-refractivity contribution in [2.45, 2.75) is 25.8 Å². The number of aromatic nitrogens is 2. The molecular formula is C24H24N4O3. The Labute approximate surface area is 179 Å². The Hall–Kier alpha value is -3.48. The minimum Gasteiger partial charge on any atom is -0.342 e. The van der Waals surface area contributed by atoms with Crippen molar-refractivity contribution >= 4 is 17.5 Å². The molecule has 3 aromatic rings. The Morgan fingerprint density at radius 1 is 1.06 bits per heavy atom. The van der Waals surface area contributed by atoms with Crippen LogP contribution in [0.2, 0.25) is 0 Å². The van der Waals surface area contributed by atoms with Crippen LogP contribution in [0.5, 0.6) is 0 Å². The summed E-state index contributed by atoms with van der Waals surface area (Å²) in [5, 5.41) is 0. The highest BCUT2D eigenvalue weighted by molar-refractivity contribution is 5.89. The van der Waals surface area contributed by atoms with Gasteiger partial charge in [-0.05, 0) is 24.1 Å². The molecule has 1 unspecified atom stereocenters. The fourth-order valence-electron chi connectivity index (χ4n) is 4.56. The van der Waals surface area contributed by atoms with Gasteiger partial charge in [-0.3, -0.25) is 18.8 Å². The van der Waals surface area contributed by atoms with E-state index in [1.54, 1.807) is 22.1 Å². The second-order valence-corrected chi connectivity index (χ2v) is 8.26. The number of likely N-dealkylation sites (tertiary alicyclic amines) is 1. The van der Waals surface area contributed by atoms with Crippen molar-refractivity contribution in [2.75, 3.05) is 19.6 Å². The maximum absolute atomic E-state index is 13.2. The summed E-state index contributed by atoms with van der Waals surface area (Å²) in [6.45, 7) is 1.85. The number of fused-ring (bicyclic) bond motifs is 2. The zero-order chi connectivity index (χ0) is 21.4. The molecule has 0 aliphatic carbocycles. The van der Waals surface area contributed by atoms with E-state index in [2.05, 4.69) is 4.98 Å². The van der Waals surface area contributed by atoms with Gasteiger partial charge in [-0.2, -0.15) is 0 Å². The maximum atomic E-state index is 13.2. The first-order valence-corrected chi connectivity index (χ1v) is 10.7. The lowest BCUT2D eigenvalue weighted by Gasteiger charge is -2.30. The smallest absolute Gasteiger partial charge is 0.263 e. The number of amides is 2. The fraction of sp³-hybridized carbons (Fsp3) is 0.333. The van der Waals surface area contributed by atoms with E-state index < -0.39 is 0 Å². The second-order valence-electron chi connectivity index (χ2n) is 8.26. The third-order valence-corrected chi connectivity index (χ3v) is 6.27. The van der Waals surface area contributed by atoms with Crippen molar-refractivity contribution in [3.05, 3.63) is 81.9 Å². The normalized spacial score (nSPS) is 18.5. The molecule has 0 radical (unpaired) electrons. The first-order valence-electron chi connectivity index (χ1n) is 10.7. The van der Waals surface area contributed by atoms with Crippen LogP contribution >= 0.6 is 0 Å². The molecule has 5 rings (SSSR count). The minimum atomic E-state index is -0.346. The molecule has 0 saturated carbocycles. The molecule has 1 aromatic carbocycles. The summed E-state index contributed by atoms with van der Waals surface area (Å²) in [5.74, 6) is -0.362. The Bertz CT molecular complexity index is 1200. The molecule has 0 N–H and O–H groups in total. The zero-order valence-corrected chi connectivity index (χ0v) is 17.2. The van der Waals surface area contributed by atoms with Gasteiger partial charge in [-0.1, -0.05) is 36.4 Å². The lowest BCUT2D eigenvalue weighted by atomic mass is 10.0. The quantitative estimate of drug-likeness (QED) is 0.649. The summed E-state index contributed by atoms with van der Waals surface area (Å²) in [4.78, 5) is 46.7. The number of carbonyl (C=O) groups excluding carboxylic acids is 2. The van der Waals surface area contributed by atoms with E-state index >= 15 is 0 Å². The number of benzene rings is 1. The van der Waals surface area contributed by atoms with E-state index in [0.29, 0.717) is 37.3 Å². The van der Waals surface area contributed by atoms with Gasteiger partial charge in [0.15, 0.2) is 0 Å². The van der Waals surface area contributed by atoms with Gasteiger partial charge in [-0.25, -0.2) is 4.98 Å². The Morgan fingerprint density at radius 2 is 1.87 bits per heavy atom. The summed E-state index contributed by atoms with van der Waals surface area (Å²) in [5.41, 5.74) is 3.03. The van der Waals surface area contributed by atoms with Crippen LogP contribution in [0.3, 0.4) is 0 Å². The van der Waals surface area contributed by atoms with E-state index in [1.165, 1.54) is 9.96 Å². The number of hydrogen-bond donors (Lipinski definition) is 0. The molecule has 1 saturated heterocycles. The molecule has 7 nitrogen and oxygen atoms in total. The number of pyridine rings is 1. The average molecular weight is 416 g/mol. The SMILES string of the molecule is O=C1CC(C(=O)N2CCc3nc4ccccn4c(=O)c3C2)CN1CCc1ccccc1. The number of nitrogens with zero attached hydrogens (tertiary/aromatic N) is 4. The third kappa shape index (κ3) is 3.71. The molecule has 2 amide bonds. The molecule has 4 heterocycles. The van der Waals surface area contributed by atoms with Gasteiger partial charge in [-0.15, -0.1) is 0 Å². The van der Waals surface area contributed by atoms with E-state index in [1.807, 2.05) is 42.5 Å². The van der Waals surface area contributed by atoms with Crippen LogP contribution in [0.25, 0.3) is 5.65 Å². The molecule has 2 aliphatic rings. The van der Waals surface area contributed by atoms with Gasteiger partial charge in [0.2, 0.25) is 11.8 Å². The highest BCUT2D eigenvalue weighted by atomic mass is 16.2. The summed E-state index contributed by atoms with van der Waals surface area (Å²) >= 11 is 0. The van der Waals surface area contributed by atoms with Gasteiger partial charge >= 0.3 is 0 Å². The lowest BCUT2D eigenvalue weighted by molar-refractivity contribution is -0.136. The summed E-state index contributed by atoms with van der Waals surface area (Å²) in [7, 11) is 0. The van der Waals surface area contributed by atoms with Gasteiger partial charge < -0.3 is 9.80 Å². The summed E-state index contributed by atoms with van der Waals surface area (Å²) < 4.78 is 1.53. The predicted octanol–water partition coefficient (Wildman–Crippen LogP) is 1.67. The van der Waals surface area contributed by atoms with Crippen molar-refractivity contribution in [2.24, 2.45) is 5.92 Å². The van der Waals surface area contributed by atoms with Gasteiger partial charge in [0.1, 0.15) is 5.65 Å². The zero-order valence-electron chi connectivity index (χ0n) is 17.2. The second kappa shape index (κ2) is 7.98. The van der Waals surface area contributed by atoms with E-state index in [9.17, 15) is 14.4 Å². The first-order chi connectivity index (χ1) is 15.1. The Balaban J connectivity index is 1.28. The van der Waals surface area contributed by atoms with Crippen molar-refractivity contribution in [3.63, 3.8) is 0 Å². The van der Waals surface area contributed by atoms with Crippen LogP contribution in [0, 0.1) is 5.92 Å². The molecule has 31 heavy (non-hydrogen) atoms. The summed E-state index contributed by atoms with van der Waals surface area (Å²) in [6.07, 6.45) is 3.28. The van der Waals surface area contributed by atoms with Crippen LogP contribution in [-0.4, -0.2) is 50.6 Å². The molecule has 7 heteroatoms. The number of carbonyl (C=O) groups is 2. The molecule has 0 bridgehead atoms. The average Bonchev–Trinajstić information content (AvgIpc) is 3.18. The fourth-order valence-corrected chi connectivity index (χ4v) is 4.56. The molecule has 158 valence electrons. The van der Waals surface area contributed by atoms with Crippen molar-refractivity contribution in [1.82, 2.24) is 19.2 Å². The summed E-state index contributed by atoms with van der Waals surface area (Å²) in [6, 6.07) is 15.5. The van der Waals surface area contributed by atoms with Crippen molar-refractivity contribution in [3.8, 4) is 0 Å². The van der Waals surface area contributed by atoms with Crippen LogP contribution in [-0.2, 0) is 29.0 Å². The van der Waals surface area contributed by atoms with Gasteiger partial charge in [0.05, 0.1) is 23.7 Å². The maximum Gasteiger partial charge on any atom is 0.263 e. The number of rotatable bonds is 4. The standard InChI is InChI=1S/C24H24N4O3/c29-22-14-18(15-26(22)12-9-17-6-2-1-3-7-17)23(30)27-13-10-20-19(16-27)24(31)28-11-5-4-8-21(28)25-20/h1-8,11,18H,9-10,12-16H2. The number of hydrogen-bond acceptors (Lipinski definition) is 4. The van der Waals surface area contributed by atoms with E-state index in [4.69, 9.17) is 0 Å². The first kappa shape index (κ1) is 19.5. The molecule has 2 aromatic heterocycles. The van der Waals surface area contributed by atoms with Crippen molar-refractivity contribution in [1.29, 1.82) is 0 Å². The highest BCUT2D eigenvalue weighted by Gasteiger charge is 2.37. The third-order valence-electron chi connectivity index (χ3n) is 6.27. The van der Waals surface area contributed by atoms with Crippen LogP contribution in [0.1, 0.15) is 23.2 Å². The molecular weight excluding hydrogens is 392 g/mol. The van der Waals surface area contributed by atoms with E-state index in [-0.39, 0.29) is 36.3 Å². The topological polar surface area (TPSA) is 75.0 Å². The molecule has 1 atom stereocenters. The van der Waals surface area contributed by atoms with Crippen LogP contribution in [0.4, 0.5) is 0 Å². The molecule has 1 fully saturated rings. The van der Waals surface area contributed by atoms with Gasteiger partial charge in [0.25, 0.3) is 5.56 Å². The van der Waals surface area contributed by atoms with Crippen molar-refractivity contribution < 1.29 is 9.59 Å². The molecule has 0 spiro atoms. The Kier molecular flexibility index (Phi) is 5.02.